The number of aryl methyl sites for hydroxylation is 1. The van der Waals surface area contributed by atoms with Gasteiger partial charge in [0.1, 0.15) is 0 Å². The number of piperidine rings is 2. The highest BCUT2D eigenvalue weighted by Crippen LogP contribution is 2.40. The molecule has 0 spiro atoms. The molecular formula is C30H41N7O. The van der Waals surface area contributed by atoms with Crippen molar-refractivity contribution in [3.8, 4) is 6.07 Å². The Morgan fingerprint density at radius 2 is 2.00 bits per heavy atom. The number of benzene rings is 1. The average Bonchev–Trinajstić information content (AvgIpc) is 3.32. The van der Waals surface area contributed by atoms with Crippen molar-refractivity contribution in [3.05, 3.63) is 40.6 Å². The van der Waals surface area contributed by atoms with Crippen molar-refractivity contribution in [2.75, 3.05) is 50.7 Å². The summed E-state index contributed by atoms with van der Waals surface area (Å²) in [5, 5.41) is 18.3. The summed E-state index contributed by atoms with van der Waals surface area (Å²) in [6.45, 7) is 12.2. The van der Waals surface area contributed by atoms with Crippen LogP contribution < -0.4 is 10.2 Å². The maximum absolute atomic E-state index is 12.3. The number of hydrogen-bond acceptors (Lipinski definition) is 6. The van der Waals surface area contributed by atoms with Crippen molar-refractivity contribution in [3.63, 3.8) is 0 Å². The fraction of sp³-hybridized carbons (Fsp3) is 0.633. The number of hydrogen-bond donors (Lipinski definition) is 1. The number of carbonyl (C=O) groups excluding carboxylic acids is 1. The molecule has 8 nitrogen and oxygen atoms in total. The lowest BCUT2D eigenvalue weighted by Gasteiger charge is -2.38. The SMILES string of the molecule is CC(=O)N1CCc2c(c(N3CCCc4cc(C#N)ccc43)nn2C2CCN(C[C@H]3CCNC[C@@H]3C)CC2)C1. The lowest BCUT2D eigenvalue weighted by Crippen LogP contribution is -2.44. The van der Waals surface area contributed by atoms with E-state index in [0.717, 1.165) is 94.7 Å². The van der Waals surface area contributed by atoms with Crippen LogP contribution in [-0.4, -0.2) is 71.3 Å². The second kappa shape index (κ2) is 10.7. The van der Waals surface area contributed by atoms with E-state index in [1.807, 2.05) is 17.0 Å². The van der Waals surface area contributed by atoms with Gasteiger partial charge in [-0.15, -0.1) is 0 Å². The van der Waals surface area contributed by atoms with Gasteiger partial charge in [-0.1, -0.05) is 6.92 Å². The van der Waals surface area contributed by atoms with Gasteiger partial charge < -0.3 is 20.0 Å². The van der Waals surface area contributed by atoms with Crippen LogP contribution in [0.1, 0.15) is 68.0 Å². The van der Waals surface area contributed by atoms with Gasteiger partial charge in [0.05, 0.1) is 24.2 Å². The minimum atomic E-state index is 0.132. The van der Waals surface area contributed by atoms with Crippen LogP contribution in [0.5, 0.6) is 0 Å². The van der Waals surface area contributed by atoms with Crippen molar-refractivity contribution in [2.24, 2.45) is 11.8 Å². The van der Waals surface area contributed by atoms with E-state index in [9.17, 15) is 10.1 Å². The average molecular weight is 516 g/mol. The first-order valence-corrected chi connectivity index (χ1v) is 14.6. The highest BCUT2D eigenvalue weighted by Gasteiger charge is 2.34. The number of amides is 1. The van der Waals surface area contributed by atoms with Crippen LogP contribution in [0.25, 0.3) is 0 Å². The molecule has 38 heavy (non-hydrogen) atoms. The van der Waals surface area contributed by atoms with Crippen molar-refractivity contribution >= 4 is 17.4 Å². The minimum Gasteiger partial charge on any atom is -0.338 e. The fourth-order valence-corrected chi connectivity index (χ4v) is 7.12. The van der Waals surface area contributed by atoms with Gasteiger partial charge in [-0.05, 0) is 80.8 Å². The van der Waals surface area contributed by atoms with Crippen LogP contribution in [0.2, 0.25) is 0 Å². The third kappa shape index (κ3) is 4.83. The topological polar surface area (TPSA) is 80.4 Å². The number of nitriles is 1. The van der Waals surface area contributed by atoms with E-state index in [0.29, 0.717) is 18.2 Å². The third-order valence-corrected chi connectivity index (χ3v) is 9.45. The van der Waals surface area contributed by atoms with Gasteiger partial charge in [-0.2, -0.15) is 10.4 Å². The number of likely N-dealkylation sites (tertiary alicyclic amines) is 1. The van der Waals surface area contributed by atoms with Crippen LogP contribution in [0.3, 0.4) is 0 Å². The van der Waals surface area contributed by atoms with E-state index in [4.69, 9.17) is 5.10 Å². The van der Waals surface area contributed by atoms with E-state index in [1.165, 1.54) is 29.8 Å². The van der Waals surface area contributed by atoms with E-state index < -0.39 is 0 Å². The number of aromatic nitrogens is 2. The first-order chi connectivity index (χ1) is 18.5. The third-order valence-electron chi connectivity index (χ3n) is 9.45. The fourth-order valence-electron chi connectivity index (χ4n) is 7.12. The van der Waals surface area contributed by atoms with Gasteiger partial charge in [0.25, 0.3) is 0 Å². The second-order valence-corrected chi connectivity index (χ2v) is 11.9. The Morgan fingerprint density at radius 1 is 1.16 bits per heavy atom. The van der Waals surface area contributed by atoms with Crippen molar-refractivity contribution < 1.29 is 4.79 Å². The Hall–Kier alpha value is -2.89. The van der Waals surface area contributed by atoms with E-state index in [2.05, 4.69) is 38.9 Å². The molecule has 6 rings (SSSR count). The lowest BCUT2D eigenvalue weighted by atomic mass is 9.87. The molecule has 1 amide bonds. The van der Waals surface area contributed by atoms with Crippen LogP contribution >= 0.6 is 0 Å². The van der Waals surface area contributed by atoms with Crippen LogP contribution in [0.4, 0.5) is 11.5 Å². The normalized spacial score (nSPS) is 24.6. The molecule has 2 atom stereocenters. The van der Waals surface area contributed by atoms with Gasteiger partial charge in [0.15, 0.2) is 5.82 Å². The summed E-state index contributed by atoms with van der Waals surface area (Å²) in [7, 11) is 0. The summed E-state index contributed by atoms with van der Waals surface area (Å²) >= 11 is 0. The van der Waals surface area contributed by atoms with Gasteiger partial charge in [-0.25, -0.2) is 0 Å². The van der Waals surface area contributed by atoms with Crippen LogP contribution in [0, 0.1) is 23.2 Å². The Labute approximate surface area is 226 Å². The molecule has 1 N–H and O–H groups in total. The minimum absolute atomic E-state index is 0.132. The summed E-state index contributed by atoms with van der Waals surface area (Å²) in [6.07, 6.45) is 6.43. The molecule has 1 aromatic heterocycles. The molecule has 202 valence electrons. The van der Waals surface area contributed by atoms with Crippen LogP contribution in [-0.2, 0) is 24.2 Å². The van der Waals surface area contributed by atoms with Gasteiger partial charge >= 0.3 is 0 Å². The molecule has 4 aliphatic heterocycles. The van der Waals surface area contributed by atoms with Gasteiger partial charge in [-0.3, -0.25) is 9.48 Å². The summed E-state index contributed by atoms with van der Waals surface area (Å²) in [4.78, 5) is 19.3. The second-order valence-electron chi connectivity index (χ2n) is 11.9. The molecule has 0 saturated carbocycles. The summed E-state index contributed by atoms with van der Waals surface area (Å²) in [6, 6.07) is 8.74. The molecule has 1 aromatic carbocycles. The first-order valence-electron chi connectivity index (χ1n) is 14.6. The zero-order chi connectivity index (χ0) is 26.2. The quantitative estimate of drug-likeness (QED) is 0.670. The standard InChI is InChI=1S/C30H41N7O/c1-21-18-32-11-7-25(21)19-34-13-8-26(9-14-34)37-29-10-15-35(22(2)38)20-27(29)30(33-37)36-12-3-4-24-16-23(17-31)5-6-28(24)36/h5-6,16,21,25-26,32H,3-4,7-15,18-20H2,1-2H3/t21-,25+/m0/s1. The zero-order valence-electron chi connectivity index (χ0n) is 23.0. The smallest absolute Gasteiger partial charge is 0.219 e. The molecule has 2 fully saturated rings. The molecule has 5 heterocycles. The van der Waals surface area contributed by atoms with Crippen molar-refractivity contribution in [1.82, 2.24) is 24.9 Å². The number of fused-ring (bicyclic) bond motifs is 2. The largest absolute Gasteiger partial charge is 0.338 e. The lowest BCUT2D eigenvalue weighted by molar-refractivity contribution is -0.129. The molecule has 0 unspecified atom stereocenters. The van der Waals surface area contributed by atoms with E-state index in [1.54, 1.807) is 6.92 Å². The summed E-state index contributed by atoms with van der Waals surface area (Å²) in [5.74, 6) is 2.70. The van der Waals surface area contributed by atoms with Crippen molar-refractivity contribution in [2.45, 2.75) is 65.0 Å². The Bertz CT molecular complexity index is 1220. The monoisotopic (exact) mass is 515 g/mol. The molecule has 8 heteroatoms. The summed E-state index contributed by atoms with van der Waals surface area (Å²) in [5.41, 5.74) is 5.64. The summed E-state index contributed by atoms with van der Waals surface area (Å²) < 4.78 is 2.35. The Morgan fingerprint density at radius 3 is 2.76 bits per heavy atom. The van der Waals surface area contributed by atoms with Crippen LogP contribution in [0.15, 0.2) is 18.2 Å². The Kier molecular flexibility index (Phi) is 7.15. The number of rotatable bonds is 4. The molecule has 0 radical (unpaired) electrons. The highest BCUT2D eigenvalue weighted by molar-refractivity contribution is 5.75. The number of carbonyl (C=O) groups is 1. The number of nitrogens with one attached hydrogen (secondary N) is 1. The number of nitrogens with zero attached hydrogens (tertiary/aromatic N) is 6. The molecule has 2 saturated heterocycles. The molecule has 0 bridgehead atoms. The van der Waals surface area contributed by atoms with Gasteiger partial charge in [0, 0.05) is 63.0 Å². The highest BCUT2D eigenvalue weighted by atomic mass is 16.2. The molecular weight excluding hydrogens is 474 g/mol. The van der Waals surface area contributed by atoms with E-state index >= 15 is 0 Å². The predicted octanol–water partition coefficient (Wildman–Crippen LogP) is 3.63. The van der Waals surface area contributed by atoms with Gasteiger partial charge in [0.2, 0.25) is 5.91 Å². The first kappa shape index (κ1) is 25.4. The maximum atomic E-state index is 12.3. The molecule has 4 aliphatic rings. The maximum Gasteiger partial charge on any atom is 0.219 e. The van der Waals surface area contributed by atoms with Crippen molar-refractivity contribution in [1.29, 1.82) is 5.26 Å². The molecule has 0 aliphatic carbocycles. The zero-order valence-corrected chi connectivity index (χ0v) is 23.0. The Balaban J connectivity index is 1.26. The number of anilines is 2. The van der Waals surface area contributed by atoms with E-state index in [-0.39, 0.29) is 5.91 Å². The predicted molar refractivity (Wildman–Crippen MR) is 148 cm³/mol. The molecule has 2 aromatic rings.